The number of aromatic nitrogens is 2. The number of aliphatic hydroxyl groups is 2. The highest BCUT2D eigenvalue weighted by Gasteiger charge is 2.57. The zero-order chi connectivity index (χ0) is 44.2. The molecule has 0 saturated carbocycles. The first kappa shape index (κ1) is 44.6. The summed E-state index contributed by atoms with van der Waals surface area (Å²) in [7, 11) is 7.04. The minimum absolute atomic E-state index is 0.00897. The Morgan fingerprint density at radius 2 is 0.968 bits per heavy atom. The third-order valence-electron chi connectivity index (χ3n) is 13.5. The molecule has 0 unspecified atom stereocenters. The van der Waals surface area contributed by atoms with Crippen molar-refractivity contribution in [2.45, 2.75) is 63.9 Å². The first-order valence-electron chi connectivity index (χ1n) is 21.9. The van der Waals surface area contributed by atoms with E-state index in [4.69, 9.17) is 0 Å². The highest BCUT2D eigenvalue weighted by molar-refractivity contribution is 5.81. The summed E-state index contributed by atoms with van der Waals surface area (Å²) in [6, 6.07) is 27.7. The van der Waals surface area contributed by atoms with Gasteiger partial charge < -0.3 is 29.1 Å². The number of carbonyl (C=O) groups excluding carboxylic acids is 2. The summed E-state index contributed by atoms with van der Waals surface area (Å²) in [5.41, 5.74) is 5.48. The van der Waals surface area contributed by atoms with Gasteiger partial charge in [0.2, 0.25) is 11.8 Å². The van der Waals surface area contributed by atoms with Gasteiger partial charge in [-0.25, -0.2) is 0 Å². The molecule has 8 atom stereocenters. The van der Waals surface area contributed by atoms with Crippen LogP contribution in [0.1, 0.15) is 59.6 Å². The Hall–Kier alpha value is -5.40. The molecule has 4 aliphatic rings. The van der Waals surface area contributed by atoms with Crippen LogP contribution >= 0.6 is 0 Å². The summed E-state index contributed by atoms with van der Waals surface area (Å²) < 4.78 is 3.66. The van der Waals surface area contributed by atoms with Crippen LogP contribution in [0, 0.1) is 23.7 Å². The Labute approximate surface area is 365 Å². The highest BCUT2D eigenvalue weighted by atomic mass is 16.3. The number of fused-ring (bicyclic) bond motifs is 8. The number of allylic oxidation sites excluding steroid dienone is 2. The lowest BCUT2D eigenvalue weighted by Crippen LogP contribution is -2.47. The molecule has 0 aliphatic carbocycles. The van der Waals surface area contributed by atoms with Crippen LogP contribution in [0.15, 0.2) is 107 Å². The summed E-state index contributed by atoms with van der Waals surface area (Å²) in [5, 5.41) is 20.6. The minimum Gasteiger partial charge on any atom is -0.396 e. The van der Waals surface area contributed by atoms with Crippen LogP contribution in [0.4, 0.5) is 0 Å². The second kappa shape index (κ2) is 19.3. The lowest BCUT2D eigenvalue weighted by molar-refractivity contribution is -0.136. The van der Waals surface area contributed by atoms with Gasteiger partial charge in [0.25, 0.3) is 11.1 Å². The average molecular weight is 843 g/mol. The van der Waals surface area contributed by atoms with Crippen molar-refractivity contribution in [3.8, 4) is 0 Å². The largest absolute Gasteiger partial charge is 0.396 e. The second-order valence-electron chi connectivity index (χ2n) is 17.4. The zero-order valence-corrected chi connectivity index (χ0v) is 36.9. The molecule has 2 fully saturated rings. The molecular weight excluding hydrogens is 781 g/mol. The first-order chi connectivity index (χ1) is 29.9. The summed E-state index contributed by atoms with van der Waals surface area (Å²) in [6.45, 7) is 6.18. The fourth-order valence-electron chi connectivity index (χ4n) is 10.7. The Morgan fingerprint density at radius 3 is 1.29 bits per heavy atom. The smallest absolute Gasteiger partial charge is 0.258 e. The summed E-state index contributed by atoms with van der Waals surface area (Å²) >= 11 is 0. The van der Waals surface area contributed by atoms with E-state index in [9.17, 15) is 29.4 Å². The normalized spacial score (nSPS) is 25.0. The number of hydrogen-bond acceptors (Lipinski definition) is 8. The van der Waals surface area contributed by atoms with Gasteiger partial charge in [-0.1, -0.05) is 85.0 Å². The van der Waals surface area contributed by atoms with E-state index in [0.29, 0.717) is 24.2 Å². The molecule has 2 saturated heterocycles. The van der Waals surface area contributed by atoms with Gasteiger partial charge in [-0.3, -0.25) is 29.0 Å². The van der Waals surface area contributed by atoms with Gasteiger partial charge in [0.15, 0.2) is 0 Å². The predicted molar refractivity (Wildman–Crippen MR) is 243 cm³/mol. The molecule has 12 heteroatoms. The molecule has 2 aromatic carbocycles. The molecule has 8 rings (SSSR count). The van der Waals surface area contributed by atoms with E-state index in [-0.39, 0.29) is 84.0 Å². The van der Waals surface area contributed by atoms with Crippen LogP contribution in [0.25, 0.3) is 12.2 Å². The molecule has 328 valence electrons. The van der Waals surface area contributed by atoms with E-state index in [1.54, 1.807) is 38.0 Å². The van der Waals surface area contributed by atoms with Crippen molar-refractivity contribution in [2.24, 2.45) is 23.7 Å². The van der Waals surface area contributed by atoms with Crippen molar-refractivity contribution in [3.63, 3.8) is 0 Å². The summed E-state index contributed by atoms with van der Waals surface area (Å²) in [5.74, 6) is -1.15. The van der Waals surface area contributed by atoms with Gasteiger partial charge in [-0.2, -0.15) is 0 Å². The highest BCUT2D eigenvalue weighted by Crippen LogP contribution is 2.50. The average Bonchev–Trinajstić information content (AvgIpc) is 3.63. The SMILES string of the molecule is C/C=C/c1ccc2n(c1=O)C[C@@H]1[C@@H](CO)[C@H](C(=O)N(C)C)[C@H]2N1CCc1ccccc1.C/C=C\c1ccc2n(c1=O)C[C@@H]1[C@@H](CO)[C@H](C(=O)N(C)C)[C@H]2N1CCc1ccccc1. The number of rotatable bonds is 12. The first-order valence-corrected chi connectivity index (χ1v) is 21.9. The molecule has 6 heterocycles. The molecular formula is C50H62N6O6. The molecule has 2 amide bonds. The Morgan fingerprint density at radius 1 is 0.597 bits per heavy atom. The van der Waals surface area contributed by atoms with E-state index in [0.717, 1.165) is 37.3 Å². The van der Waals surface area contributed by atoms with Crippen molar-refractivity contribution < 1.29 is 19.8 Å². The Kier molecular flexibility index (Phi) is 13.9. The third kappa shape index (κ3) is 8.41. The van der Waals surface area contributed by atoms with E-state index in [2.05, 4.69) is 34.1 Å². The molecule has 12 nitrogen and oxygen atoms in total. The number of pyridine rings is 2. The van der Waals surface area contributed by atoms with Gasteiger partial charge >= 0.3 is 0 Å². The van der Waals surface area contributed by atoms with Gasteiger partial charge in [0.05, 0.1) is 23.9 Å². The number of carbonyl (C=O) groups is 2. The van der Waals surface area contributed by atoms with E-state index in [1.807, 2.05) is 108 Å². The number of hydrogen-bond donors (Lipinski definition) is 2. The van der Waals surface area contributed by atoms with Crippen LogP contribution in [-0.4, -0.2) is 117 Å². The van der Waals surface area contributed by atoms with Gasteiger partial charge in [0.1, 0.15) is 0 Å². The van der Waals surface area contributed by atoms with Crippen LogP contribution in [0.5, 0.6) is 0 Å². The van der Waals surface area contributed by atoms with Crippen molar-refractivity contribution in [1.29, 1.82) is 0 Å². The molecule has 2 aromatic heterocycles. The Balaban J connectivity index is 0.000000186. The molecule has 0 radical (unpaired) electrons. The van der Waals surface area contributed by atoms with E-state index < -0.39 is 0 Å². The number of aliphatic hydroxyl groups excluding tert-OH is 2. The minimum atomic E-state index is -0.374. The fraction of sp³-hybridized carbons (Fsp3) is 0.440. The number of benzene rings is 2. The Bertz CT molecular complexity index is 2220. The molecule has 0 spiro atoms. The van der Waals surface area contributed by atoms with Gasteiger partial charge in [0, 0.05) is 114 Å². The molecule has 4 aromatic rings. The number of amides is 2. The molecule has 62 heavy (non-hydrogen) atoms. The lowest BCUT2D eigenvalue weighted by Gasteiger charge is -2.38. The quantitative estimate of drug-likeness (QED) is 0.216. The molecule has 4 bridgehead atoms. The zero-order valence-electron chi connectivity index (χ0n) is 36.9. The number of nitrogens with zero attached hydrogens (tertiary/aromatic N) is 6. The van der Waals surface area contributed by atoms with Crippen molar-refractivity contribution in [3.05, 3.63) is 151 Å². The van der Waals surface area contributed by atoms with Crippen LogP contribution in [0.3, 0.4) is 0 Å². The lowest BCUT2D eigenvalue weighted by atomic mass is 9.86. The van der Waals surface area contributed by atoms with Crippen LogP contribution < -0.4 is 11.1 Å². The molecule has 2 N–H and O–H groups in total. The maximum absolute atomic E-state index is 13.2. The topological polar surface area (TPSA) is 132 Å². The molecule has 4 aliphatic heterocycles. The van der Waals surface area contributed by atoms with E-state index in [1.165, 1.54) is 11.1 Å². The second-order valence-corrected chi connectivity index (χ2v) is 17.4. The van der Waals surface area contributed by atoms with Crippen molar-refractivity contribution >= 4 is 24.0 Å². The maximum Gasteiger partial charge on any atom is 0.258 e. The van der Waals surface area contributed by atoms with Crippen LogP contribution in [-0.2, 0) is 35.5 Å². The monoisotopic (exact) mass is 842 g/mol. The van der Waals surface area contributed by atoms with Crippen molar-refractivity contribution in [1.82, 2.24) is 28.7 Å². The summed E-state index contributed by atoms with van der Waals surface area (Å²) in [6.07, 6.45) is 9.09. The maximum atomic E-state index is 13.2. The van der Waals surface area contributed by atoms with Gasteiger partial charge in [-0.05, 0) is 62.1 Å². The van der Waals surface area contributed by atoms with Crippen molar-refractivity contribution in [2.75, 3.05) is 54.5 Å². The van der Waals surface area contributed by atoms with E-state index >= 15 is 0 Å². The fourth-order valence-corrected chi connectivity index (χ4v) is 10.7. The van der Waals surface area contributed by atoms with Gasteiger partial charge in [-0.15, -0.1) is 0 Å². The van der Waals surface area contributed by atoms with Crippen LogP contribution in [0.2, 0.25) is 0 Å². The predicted octanol–water partition coefficient (Wildman–Crippen LogP) is 4.35. The summed E-state index contributed by atoms with van der Waals surface area (Å²) in [4.78, 5) is 60.7. The standard InChI is InChI=1S/2C25H31N3O3/c2*1-4-8-18-11-12-20-23-22(25(31)26(2)3)19(16-29)21(15-28(20)24(18)30)27(23)14-13-17-9-6-5-7-10-17/h2*4-12,19,21-23,29H,13-16H2,1-3H3/b8-4+;8-4-/t2*19-,21-,22+,23+/m11/s1. The third-order valence-corrected chi connectivity index (χ3v) is 13.5.